The number of imidazole rings is 2. The largest absolute Gasteiger partial charge is 0.249 e. The molecule has 0 fully saturated rings. The predicted molar refractivity (Wildman–Crippen MR) is 172 cm³/mol. The van der Waals surface area contributed by atoms with Crippen molar-refractivity contribution in [2.45, 2.75) is 87.0 Å². The lowest BCUT2D eigenvalue weighted by atomic mass is 9.81. The first kappa shape index (κ1) is 28.9. The fourth-order valence-electron chi connectivity index (χ4n) is 6.11. The van der Waals surface area contributed by atoms with Gasteiger partial charge >= 0.3 is 0 Å². The average molecular weight is 549 g/mol. The molecule has 0 unspecified atom stereocenters. The van der Waals surface area contributed by atoms with Gasteiger partial charge in [0.1, 0.15) is 22.8 Å². The quantitative estimate of drug-likeness (QED) is 0.190. The number of fused-ring (bicyclic) bond motifs is 1. The molecule has 5 rings (SSSR count). The minimum absolute atomic E-state index is 0.414. The molecule has 0 aliphatic rings. The van der Waals surface area contributed by atoms with Crippen LogP contribution < -0.4 is 9.13 Å². The maximum atomic E-state index is 2.46. The van der Waals surface area contributed by atoms with E-state index < -0.39 is 0 Å². The van der Waals surface area contributed by atoms with Gasteiger partial charge in [-0.3, -0.25) is 0 Å². The van der Waals surface area contributed by atoms with Crippen molar-refractivity contribution in [2.24, 2.45) is 14.1 Å². The number of rotatable bonds is 6. The molecule has 0 saturated carbocycles. The molecule has 0 aliphatic heterocycles. The molecule has 0 spiro atoms. The molecular formula is C37H48N4+2. The highest BCUT2D eigenvalue weighted by atomic mass is 15.1. The van der Waals surface area contributed by atoms with Crippen molar-refractivity contribution in [3.05, 3.63) is 94.3 Å². The van der Waals surface area contributed by atoms with Crippen LogP contribution in [0.2, 0.25) is 0 Å². The highest BCUT2D eigenvalue weighted by Crippen LogP contribution is 2.40. The fourth-order valence-corrected chi connectivity index (χ4v) is 6.11. The molecular weight excluding hydrogens is 500 g/mol. The van der Waals surface area contributed by atoms with Gasteiger partial charge in [0.2, 0.25) is 12.7 Å². The Labute approximate surface area is 246 Å². The van der Waals surface area contributed by atoms with Gasteiger partial charge in [-0.2, -0.15) is 9.13 Å². The summed E-state index contributed by atoms with van der Waals surface area (Å²) in [5, 5.41) is 0. The van der Waals surface area contributed by atoms with Gasteiger partial charge in [-0.05, 0) is 94.8 Å². The zero-order valence-electron chi connectivity index (χ0n) is 27.2. The summed E-state index contributed by atoms with van der Waals surface area (Å²) >= 11 is 0. The maximum absolute atomic E-state index is 2.46. The molecule has 41 heavy (non-hydrogen) atoms. The van der Waals surface area contributed by atoms with E-state index in [4.69, 9.17) is 0 Å². The summed E-state index contributed by atoms with van der Waals surface area (Å²) < 4.78 is 9.17. The van der Waals surface area contributed by atoms with Crippen molar-refractivity contribution in [3.63, 3.8) is 0 Å². The lowest BCUT2D eigenvalue weighted by molar-refractivity contribution is -0.676. The van der Waals surface area contributed by atoms with Crippen molar-refractivity contribution in [3.8, 4) is 22.5 Å². The topological polar surface area (TPSA) is 17.6 Å². The second-order valence-electron chi connectivity index (χ2n) is 13.1. The monoisotopic (exact) mass is 548 g/mol. The minimum Gasteiger partial charge on any atom is -0.236 e. The van der Waals surface area contributed by atoms with Gasteiger partial charge < -0.3 is 0 Å². The van der Waals surface area contributed by atoms with E-state index in [1.54, 1.807) is 0 Å². The Morgan fingerprint density at radius 1 is 0.585 bits per heavy atom. The average Bonchev–Trinajstić information content (AvgIpc) is 3.37. The van der Waals surface area contributed by atoms with Gasteiger partial charge in [0, 0.05) is 19.9 Å². The van der Waals surface area contributed by atoms with Crippen LogP contribution in [-0.4, -0.2) is 9.13 Å². The second-order valence-corrected chi connectivity index (χ2v) is 13.1. The Morgan fingerprint density at radius 2 is 1.12 bits per heavy atom. The van der Waals surface area contributed by atoms with Crippen molar-refractivity contribution >= 4 is 11.0 Å². The number of benzene rings is 3. The predicted octanol–water partition coefficient (Wildman–Crippen LogP) is 8.34. The fraction of sp³-hybridized carbons (Fsp3) is 0.405. The van der Waals surface area contributed by atoms with E-state index in [0.717, 1.165) is 0 Å². The van der Waals surface area contributed by atoms with Crippen LogP contribution in [0.15, 0.2) is 55.1 Å². The highest BCUT2D eigenvalue weighted by Gasteiger charge is 2.25. The van der Waals surface area contributed by atoms with Crippen molar-refractivity contribution in [2.75, 3.05) is 0 Å². The first-order valence-electron chi connectivity index (χ1n) is 15.1. The summed E-state index contributed by atoms with van der Waals surface area (Å²) in [4.78, 5) is 0. The Morgan fingerprint density at radius 3 is 1.63 bits per heavy atom. The SMILES string of the molecule is Cc1cc2c(cc1C)[n+](C)cn2-c1cc(-c2c(C(C)C)cc(C(C)C)cc2C(C)C)cc(-n2c[n+](C)c(C)c2C)c1. The molecule has 0 amide bonds. The smallest absolute Gasteiger partial charge is 0.236 e. The molecule has 4 nitrogen and oxygen atoms in total. The van der Waals surface area contributed by atoms with Gasteiger partial charge in [0.15, 0.2) is 11.0 Å². The van der Waals surface area contributed by atoms with E-state index in [9.17, 15) is 0 Å². The number of aromatic nitrogens is 4. The molecule has 3 aromatic carbocycles. The molecule has 0 aliphatic carbocycles. The molecule has 4 heteroatoms. The Kier molecular flexibility index (Phi) is 7.48. The second kappa shape index (κ2) is 10.6. The molecule has 0 N–H and O–H groups in total. The van der Waals surface area contributed by atoms with E-state index in [2.05, 4.69) is 157 Å². The number of hydrogen-bond acceptors (Lipinski definition) is 0. The van der Waals surface area contributed by atoms with Crippen molar-refractivity contribution < 1.29 is 9.13 Å². The minimum atomic E-state index is 0.414. The van der Waals surface area contributed by atoms with Gasteiger partial charge in [-0.25, -0.2) is 9.13 Å². The number of aryl methyl sites for hydroxylation is 4. The van der Waals surface area contributed by atoms with Crippen LogP contribution in [0.25, 0.3) is 33.5 Å². The van der Waals surface area contributed by atoms with Crippen LogP contribution in [0.3, 0.4) is 0 Å². The van der Waals surface area contributed by atoms with E-state index in [-0.39, 0.29) is 0 Å². The van der Waals surface area contributed by atoms with Crippen LogP contribution >= 0.6 is 0 Å². The maximum Gasteiger partial charge on any atom is 0.249 e. The van der Waals surface area contributed by atoms with Crippen molar-refractivity contribution in [1.82, 2.24) is 9.13 Å². The van der Waals surface area contributed by atoms with Crippen LogP contribution in [0, 0.1) is 27.7 Å². The summed E-state index contributed by atoms with van der Waals surface area (Å²) in [5.41, 5.74) is 17.0. The molecule has 0 atom stereocenters. The van der Waals surface area contributed by atoms with Crippen LogP contribution in [0.4, 0.5) is 0 Å². The van der Waals surface area contributed by atoms with Gasteiger partial charge in [0.05, 0.1) is 14.1 Å². The summed E-state index contributed by atoms with van der Waals surface area (Å²) in [7, 11) is 4.28. The number of hydrogen-bond donors (Lipinski definition) is 0. The van der Waals surface area contributed by atoms with E-state index >= 15 is 0 Å². The van der Waals surface area contributed by atoms with Crippen LogP contribution in [0.1, 0.15) is 98.5 Å². The lowest BCUT2D eigenvalue weighted by Gasteiger charge is -2.23. The van der Waals surface area contributed by atoms with Crippen LogP contribution in [-0.2, 0) is 14.1 Å². The molecule has 0 radical (unpaired) electrons. The van der Waals surface area contributed by atoms with Gasteiger partial charge in [0.25, 0.3) is 0 Å². The molecule has 2 heterocycles. The first-order valence-corrected chi connectivity index (χ1v) is 15.1. The Hall–Kier alpha value is -3.66. The molecule has 0 bridgehead atoms. The van der Waals surface area contributed by atoms with Gasteiger partial charge in [-0.1, -0.05) is 53.7 Å². The third-order valence-corrected chi connectivity index (χ3v) is 9.10. The van der Waals surface area contributed by atoms with Crippen molar-refractivity contribution in [1.29, 1.82) is 0 Å². The standard InChI is InChI=1S/C37H48N4/c1-22(2)29-17-33(23(3)4)37(34(18-29)24(5)6)30-15-31(40-20-38(11)27(9)28(40)10)19-32(16-30)41-21-39(12)35-13-25(7)26(8)14-36(35)41/h13-24H,1-12H3/q+2. The number of nitrogens with zero attached hydrogens (tertiary/aromatic N) is 4. The summed E-state index contributed by atoms with van der Waals surface area (Å²) in [6.45, 7) is 22.8. The van der Waals surface area contributed by atoms with Crippen LogP contribution in [0.5, 0.6) is 0 Å². The molecule has 214 valence electrons. The zero-order chi connectivity index (χ0) is 29.9. The zero-order valence-corrected chi connectivity index (χ0v) is 27.2. The molecule has 2 aromatic heterocycles. The van der Waals surface area contributed by atoms with E-state index in [0.29, 0.717) is 17.8 Å². The molecule has 0 saturated heterocycles. The normalized spacial score (nSPS) is 12.1. The summed E-state index contributed by atoms with van der Waals surface area (Å²) in [6.07, 6.45) is 4.44. The first-order chi connectivity index (χ1) is 19.3. The lowest BCUT2D eigenvalue weighted by Crippen LogP contribution is -2.28. The Balaban J connectivity index is 1.89. The van der Waals surface area contributed by atoms with Gasteiger partial charge in [-0.15, -0.1) is 0 Å². The third kappa shape index (κ3) is 5.03. The van der Waals surface area contributed by atoms with E-state index in [1.807, 2.05) is 0 Å². The summed E-state index contributed by atoms with van der Waals surface area (Å²) in [5.74, 6) is 1.32. The molecule has 5 aromatic rings. The Bertz CT molecular complexity index is 1750. The van der Waals surface area contributed by atoms with E-state index in [1.165, 1.54) is 72.7 Å². The summed E-state index contributed by atoms with van der Waals surface area (Å²) in [6, 6.07) is 16.7. The third-order valence-electron chi connectivity index (χ3n) is 9.10. The highest BCUT2D eigenvalue weighted by molar-refractivity contribution is 5.80.